The van der Waals surface area contributed by atoms with Crippen LogP contribution in [0.5, 0.6) is 5.75 Å². The Morgan fingerprint density at radius 3 is 2.43 bits per heavy atom. The van der Waals surface area contributed by atoms with E-state index in [2.05, 4.69) is 47.5 Å². The lowest BCUT2D eigenvalue weighted by Crippen LogP contribution is -2.05. The van der Waals surface area contributed by atoms with Gasteiger partial charge < -0.3 is 4.74 Å². The molecular formula is C18H20N2O. The Hall–Kier alpha value is -2.29. The maximum atomic E-state index is 5.69. The molecule has 0 aliphatic carbocycles. The van der Waals surface area contributed by atoms with E-state index in [4.69, 9.17) is 4.74 Å². The van der Waals surface area contributed by atoms with Crippen LogP contribution in [0.2, 0.25) is 0 Å². The Morgan fingerprint density at radius 1 is 1.05 bits per heavy atom. The average Bonchev–Trinajstić information content (AvgIpc) is 2.83. The molecule has 108 valence electrons. The normalized spacial score (nSPS) is 11.3. The molecule has 0 radical (unpaired) electrons. The van der Waals surface area contributed by atoms with E-state index in [0.29, 0.717) is 0 Å². The number of fused-ring (bicyclic) bond motifs is 1. The van der Waals surface area contributed by atoms with Crippen molar-refractivity contribution in [1.82, 2.24) is 9.38 Å². The molecule has 0 unspecified atom stereocenters. The van der Waals surface area contributed by atoms with Gasteiger partial charge >= 0.3 is 0 Å². The zero-order valence-corrected chi connectivity index (χ0v) is 12.9. The molecule has 0 bridgehead atoms. The summed E-state index contributed by atoms with van der Waals surface area (Å²) in [4.78, 5) is 4.52. The highest BCUT2D eigenvalue weighted by molar-refractivity contribution is 5.65. The zero-order chi connectivity index (χ0) is 15.0. The summed E-state index contributed by atoms with van der Waals surface area (Å²) in [6.45, 7) is 8.27. The number of hydrogen-bond acceptors (Lipinski definition) is 2. The second-order valence-electron chi connectivity index (χ2n) is 5.70. The maximum absolute atomic E-state index is 5.69. The minimum absolute atomic E-state index is 0.192. The Labute approximate surface area is 125 Å². The number of rotatable bonds is 3. The zero-order valence-electron chi connectivity index (χ0n) is 12.9. The summed E-state index contributed by atoms with van der Waals surface area (Å²) in [5.74, 6) is 0.898. The van der Waals surface area contributed by atoms with Gasteiger partial charge in [0.15, 0.2) is 0 Å². The minimum Gasteiger partial charge on any atom is -0.491 e. The predicted molar refractivity (Wildman–Crippen MR) is 85.9 cm³/mol. The molecule has 1 aromatic carbocycles. The smallest absolute Gasteiger partial charge is 0.137 e. The molecule has 0 N–H and O–H groups in total. The molecular weight excluding hydrogens is 260 g/mol. The first-order chi connectivity index (χ1) is 10.0. The highest BCUT2D eigenvalue weighted by Crippen LogP contribution is 2.25. The van der Waals surface area contributed by atoms with Crippen LogP contribution in [0.1, 0.15) is 25.1 Å². The van der Waals surface area contributed by atoms with Crippen molar-refractivity contribution in [3.8, 4) is 17.0 Å². The second kappa shape index (κ2) is 5.24. The van der Waals surface area contributed by atoms with Gasteiger partial charge in [0.05, 0.1) is 18.0 Å². The third-order valence-corrected chi connectivity index (χ3v) is 3.46. The number of hydrogen-bond donors (Lipinski definition) is 0. The molecule has 0 aliphatic heterocycles. The van der Waals surface area contributed by atoms with Crippen LogP contribution < -0.4 is 4.74 Å². The molecule has 0 spiro atoms. The van der Waals surface area contributed by atoms with Crippen LogP contribution in [0.3, 0.4) is 0 Å². The Balaban J connectivity index is 2.04. The SMILES string of the molecule is Cc1cc(C)n2c(-c3ccc(OC(C)C)cc3)cnc2c1. The molecule has 3 rings (SSSR count). The van der Waals surface area contributed by atoms with Crippen molar-refractivity contribution in [2.75, 3.05) is 0 Å². The lowest BCUT2D eigenvalue weighted by atomic mass is 10.1. The highest BCUT2D eigenvalue weighted by Gasteiger charge is 2.09. The van der Waals surface area contributed by atoms with Gasteiger partial charge in [-0.15, -0.1) is 0 Å². The summed E-state index contributed by atoms with van der Waals surface area (Å²) < 4.78 is 7.88. The number of aromatic nitrogens is 2. The van der Waals surface area contributed by atoms with Crippen molar-refractivity contribution in [1.29, 1.82) is 0 Å². The van der Waals surface area contributed by atoms with Crippen molar-refractivity contribution in [3.63, 3.8) is 0 Å². The van der Waals surface area contributed by atoms with Crippen molar-refractivity contribution in [2.24, 2.45) is 0 Å². The average molecular weight is 280 g/mol. The first-order valence-electron chi connectivity index (χ1n) is 7.26. The third kappa shape index (κ3) is 2.64. The van der Waals surface area contributed by atoms with Crippen LogP contribution in [0.4, 0.5) is 0 Å². The Kier molecular flexibility index (Phi) is 3.42. The van der Waals surface area contributed by atoms with E-state index < -0.39 is 0 Å². The Bertz CT molecular complexity index is 770. The number of imidazole rings is 1. The number of nitrogens with zero attached hydrogens (tertiary/aromatic N) is 2. The molecule has 0 saturated heterocycles. The molecule has 0 aliphatic rings. The standard InChI is InChI=1S/C18H20N2O/c1-12(2)21-16-7-5-15(6-8-16)17-11-19-18-10-13(3)9-14(4)20(17)18/h5-12H,1-4H3. The molecule has 2 aromatic heterocycles. The van der Waals surface area contributed by atoms with Crippen LogP contribution in [0.25, 0.3) is 16.9 Å². The van der Waals surface area contributed by atoms with Gasteiger partial charge in [-0.2, -0.15) is 0 Å². The number of benzene rings is 1. The van der Waals surface area contributed by atoms with Gasteiger partial charge in [0.25, 0.3) is 0 Å². The van der Waals surface area contributed by atoms with Crippen LogP contribution in [0, 0.1) is 13.8 Å². The molecule has 0 fully saturated rings. The first-order valence-corrected chi connectivity index (χ1v) is 7.26. The van der Waals surface area contributed by atoms with Gasteiger partial charge in [0, 0.05) is 11.3 Å². The van der Waals surface area contributed by atoms with Crippen molar-refractivity contribution < 1.29 is 4.74 Å². The molecule has 3 aromatic rings. The predicted octanol–water partition coefficient (Wildman–Crippen LogP) is 4.41. The van der Waals surface area contributed by atoms with E-state index in [1.807, 2.05) is 32.2 Å². The van der Waals surface area contributed by atoms with Crippen LogP contribution in [-0.2, 0) is 0 Å². The summed E-state index contributed by atoms with van der Waals surface area (Å²) >= 11 is 0. The largest absolute Gasteiger partial charge is 0.491 e. The minimum atomic E-state index is 0.192. The van der Waals surface area contributed by atoms with Gasteiger partial charge in [0.2, 0.25) is 0 Å². The topological polar surface area (TPSA) is 26.5 Å². The number of pyridine rings is 1. The van der Waals surface area contributed by atoms with Gasteiger partial charge in [-0.3, -0.25) is 4.40 Å². The third-order valence-electron chi connectivity index (χ3n) is 3.46. The molecule has 3 nitrogen and oxygen atoms in total. The van der Waals surface area contributed by atoms with E-state index in [-0.39, 0.29) is 6.10 Å². The van der Waals surface area contributed by atoms with Gasteiger partial charge in [-0.1, -0.05) is 0 Å². The van der Waals surface area contributed by atoms with E-state index >= 15 is 0 Å². The fourth-order valence-electron chi connectivity index (χ4n) is 2.66. The fourth-order valence-corrected chi connectivity index (χ4v) is 2.66. The summed E-state index contributed by atoms with van der Waals surface area (Å²) in [5, 5.41) is 0. The molecule has 3 heteroatoms. The van der Waals surface area contributed by atoms with Crippen LogP contribution in [-0.4, -0.2) is 15.5 Å². The summed E-state index contributed by atoms with van der Waals surface area (Å²) in [6, 6.07) is 12.5. The van der Waals surface area contributed by atoms with E-state index in [1.54, 1.807) is 0 Å². The summed E-state index contributed by atoms with van der Waals surface area (Å²) in [5.41, 5.74) is 5.67. The van der Waals surface area contributed by atoms with Crippen molar-refractivity contribution in [3.05, 3.63) is 53.9 Å². The van der Waals surface area contributed by atoms with E-state index in [9.17, 15) is 0 Å². The summed E-state index contributed by atoms with van der Waals surface area (Å²) in [7, 11) is 0. The van der Waals surface area contributed by atoms with Gasteiger partial charge in [-0.25, -0.2) is 4.98 Å². The number of aryl methyl sites for hydroxylation is 2. The van der Waals surface area contributed by atoms with Gasteiger partial charge in [0.1, 0.15) is 11.4 Å². The quantitative estimate of drug-likeness (QED) is 0.710. The molecule has 2 heterocycles. The van der Waals surface area contributed by atoms with Crippen LogP contribution in [0.15, 0.2) is 42.6 Å². The van der Waals surface area contributed by atoms with Gasteiger partial charge in [-0.05, 0) is 69.7 Å². The molecule has 0 saturated carbocycles. The molecule has 0 atom stereocenters. The van der Waals surface area contributed by atoms with Crippen LogP contribution >= 0.6 is 0 Å². The lowest BCUT2D eigenvalue weighted by Gasteiger charge is -2.11. The molecule has 21 heavy (non-hydrogen) atoms. The maximum Gasteiger partial charge on any atom is 0.137 e. The number of ether oxygens (including phenoxy) is 1. The second-order valence-corrected chi connectivity index (χ2v) is 5.70. The van der Waals surface area contributed by atoms with E-state index in [0.717, 1.165) is 22.7 Å². The van der Waals surface area contributed by atoms with E-state index in [1.165, 1.54) is 11.3 Å². The fraction of sp³-hybridized carbons (Fsp3) is 0.278. The van der Waals surface area contributed by atoms with Crippen molar-refractivity contribution in [2.45, 2.75) is 33.8 Å². The van der Waals surface area contributed by atoms with Crippen molar-refractivity contribution >= 4 is 5.65 Å². The summed E-state index contributed by atoms with van der Waals surface area (Å²) in [6.07, 6.45) is 2.12. The lowest BCUT2D eigenvalue weighted by molar-refractivity contribution is 0.242. The molecule has 0 amide bonds. The highest BCUT2D eigenvalue weighted by atomic mass is 16.5. The Morgan fingerprint density at radius 2 is 1.76 bits per heavy atom. The monoisotopic (exact) mass is 280 g/mol. The first kappa shape index (κ1) is 13.7.